The summed E-state index contributed by atoms with van der Waals surface area (Å²) in [4.78, 5) is 13.5. The molecule has 0 spiro atoms. The number of aryl methyl sites for hydroxylation is 1. The number of nitrogens with one attached hydrogen (secondary N) is 1. The molecule has 0 atom stereocenters. The minimum absolute atomic E-state index is 0.131. The van der Waals surface area contributed by atoms with Crippen LogP contribution in [0.3, 0.4) is 0 Å². The number of rotatable bonds is 4. The number of anilines is 1. The number of carbonyl (C=O) groups is 1. The van der Waals surface area contributed by atoms with E-state index in [1.165, 1.54) is 22.6 Å². The first-order chi connectivity index (χ1) is 12.1. The van der Waals surface area contributed by atoms with Crippen LogP contribution in [0.5, 0.6) is 5.75 Å². The lowest BCUT2D eigenvalue weighted by atomic mass is 10.1. The Morgan fingerprint density at radius 1 is 1.36 bits per heavy atom. The number of hydrogen-bond donors (Lipinski definition) is 1. The van der Waals surface area contributed by atoms with Crippen LogP contribution >= 0.6 is 38.9 Å². The molecule has 0 bridgehead atoms. The van der Waals surface area contributed by atoms with Gasteiger partial charge in [-0.15, -0.1) is 11.3 Å². The van der Waals surface area contributed by atoms with E-state index in [4.69, 9.17) is 16.3 Å². The highest BCUT2D eigenvalue weighted by Crippen LogP contribution is 2.37. The molecule has 0 saturated carbocycles. The van der Waals surface area contributed by atoms with Crippen molar-refractivity contribution in [2.45, 2.75) is 32.1 Å². The van der Waals surface area contributed by atoms with Gasteiger partial charge in [0.1, 0.15) is 16.8 Å². The highest BCUT2D eigenvalue weighted by molar-refractivity contribution is 9.10. The molecule has 3 rings (SSSR count). The van der Waals surface area contributed by atoms with Crippen LogP contribution in [0.15, 0.2) is 22.7 Å². The number of thiophene rings is 1. The number of amides is 1. The molecule has 1 aromatic heterocycles. The normalized spacial score (nSPS) is 13.5. The van der Waals surface area contributed by atoms with Crippen LogP contribution in [0, 0.1) is 11.3 Å². The smallest absolute Gasteiger partial charge is 0.262 e. The van der Waals surface area contributed by atoms with Crippen LogP contribution in [0.25, 0.3) is 0 Å². The third kappa shape index (κ3) is 4.35. The Morgan fingerprint density at radius 2 is 2.16 bits per heavy atom. The Labute approximate surface area is 163 Å². The fraction of sp³-hybridized carbons (Fsp3) is 0.333. The Morgan fingerprint density at radius 3 is 2.92 bits per heavy atom. The number of nitrogens with zero attached hydrogens (tertiary/aromatic N) is 1. The molecule has 7 heteroatoms. The van der Waals surface area contributed by atoms with Crippen molar-refractivity contribution < 1.29 is 9.53 Å². The van der Waals surface area contributed by atoms with E-state index in [2.05, 4.69) is 27.3 Å². The van der Waals surface area contributed by atoms with Gasteiger partial charge in [-0.3, -0.25) is 4.79 Å². The summed E-state index contributed by atoms with van der Waals surface area (Å²) >= 11 is 10.8. The summed E-state index contributed by atoms with van der Waals surface area (Å²) in [5, 5.41) is 13.5. The summed E-state index contributed by atoms with van der Waals surface area (Å²) in [6.07, 6.45) is 5.33. The number of carbonyl (C=O) groups excluding carboxylic acids is 1. The molecule has 130 valence electrons. The second-order valence-electron chi connectivity index (χ2n) is 5.79. The number of halogens is 2. The van der Waals surface area contributed by atoms with Crippen molar-refractivity contribution in [2.75, 3.05) is 11.9 Å². The van der Waals surface area contributed by atoms with Gasteiger partial charge in [-0.1, -0.05) is 18.0 Å². The molecule has 0 fully saturated rings. The zero-order valence-corrected chi connectivity index (χ0v) is 16.6. The van der Waals surface area contributed by atoms with Gasteiger partial charge in [0.25, 0.3) is 5.91 Å². The molecule has 4 nitrogen and oxygen atoms in total. The monoisotopic (exact) mass is 438 g/mol. The largest absolute Gasteiger partial charge is 0.483 e. The quantitative estimate of drug-likeness (QED) is 0.656. The fourth-order valence-corrected chi connectivity index (χ4v) is 4.90. The summed E-state index contributed by atoms with van der Waals surface area (Å²) < 4.78 is 6.21. The summed E-state index contributed by atoms with van der Waals surface area (Å²) in [7, 11) is 0. The molecule has 25 heavy (non-hydrogen) atoms. The lowest BCUT2D eigenvalue weighted by molar-refractivity contribution is -0.118. The number of benzene rings is 1. The zero-order valence-electron chi connectivity index (χ0n) is 13.4. The standard InChI is InChI=1S/C18H16BrClN2O2S/c19-14-8-11(20)6-7-15(14)24-10-17(23)22-18-13(9-21)12-4-2-1-3-5-16(12)25-18/h6-8H,1-5,10H2,(H,22,23). The Hall–Kier alpha value is -1.55. The van der Waals surface area contributed by atoms with Gasteiger partial charge in [-0.2, -0.15) is 5.26 Å². The van der Waals surface area contributed by atoms with E-state index >= 15 is 0 Å². The summed E-state index contributed by atoms with van der Waals surface area (Å²) in [6.45, 7) is -0.131. The van der Waals surface area contributed by atoms with Gasteiger partial charge in [0.2, 0.25) is 0 Å². The minimum atomic E-state index is -0.283. The number of fused-ring (bicyclic) bond motifs is 1. The molecule has 1 N–H and O–H groups in total. The third-order valence-corrected chi connectivity index (χ3v) is 6.10. The van der Waals surface area contributed by atoms with Crippen LogP contribution in [-0.2, 0) is 17.6 Å². The molecule has 2 aromatic rings. The predicted octanol–water partition coefficient (Wildman–Crippen LogP) is 5.32. The van der Waals surface area contributed by atoms with E-state index in [0.29, 0.717) is 25.8 Å². The van der Waals surface area contributed by atoms with E-state index in [1.807, 2.05) is 0 Å². The highest BCUT2D eigenvalue weighted by Gasteiger charge is 2.21. The summed E-state index contributed by atoms with van der Waals surface area (Å²) in [5.41, 5.74) is 1.73. The van der Waals surface area contributed by atoms with Gasteiger partial charge >= 0.3 is 0 Å². The molecule has 1 aliphatic rings. The molecule has 1 aliphatic carbocycles. The first kappa shape index (κ1) is 18.2. The van der Waals surface area contributed by atoms with Gasteiger partial charge in [-0.05, 0) is 65.4 Å². The minimum Gasteiger partial charge on any atom is -0.483 e. The van der Waals surface area contributed by atoms with Crippen LogP contribution in [0.4, 0.5) is 5.00 Å². The van der Waals surface area contributed by atoms with Crippen LogP contribution < -0.4 is 10.1 Å². The maximum absolute atomic E-state index is 12.2. The van der Waals surface area contributed by atoms with Crippen molar-refractivity contribution in [3.05, 3.63) is 43.7 Å². The van der Waals surface area contributed by atoms with Crippen molar-refractivity contribution in [3.8, 4) is 11.8 Å². The van der Waals surface area contributed by atoms with Crippen molar-refractivity contribution >= 4 is 49.8 Å². The maximum Gasteiger partial charge on any atom is 0.262 e. The Balaban J connectivity index is 1.68. The van der Waals surface area contributed by atoms with Gasteiger partial charge in [0, 0.05) is 9.90 Å². The molecule has 1 aromatic carbocycles. The molecular weight excluding hydrogens is 424 g/mol. The first-order valence-electron chi connectivity index (χ1n) is 8.01. The lowest BCUT2D eigenvalue weighted by Crippen LogP contribution is -2.20. The lowest BCUT2D eigenvalue weighted by Gasteiger charge is -2.08. The second-order valence-corrected chi connectivity index (χ2v) is 8.19. The van der Waals surface area contributed by atoms with E-state index in [9.17, 15) is 10.1 Å². The van der Waals surface area contributed by atoms with Gasteiger partial charge in [-0.25, -0.2) is 0 Å². The van der Waals surface area contributed by atoms with Crippen molar-refractivity contribution in [1.82, 2.24) is 0 Å². The van der Waals surface area contributed by atoms with Crippen LogP contribution in [-0.4, -0.2) is 12.5 Å². The molecule has 0 radical (unpaired) electrons. The fourth-order valence-electron chi connectivity index (χ4n) is 2.85. The number of ether oxygens (including phenoxy) is 1. The van der Waals surface area contributed by atoms with E-state index in [-0.39, 0.29) is 12.5 Å². The van der Waals surface area contributed by atoms with Crippen molar-refractivity contribution in [1.29, 1.82) is 5.26 Å². The molecular formula is C18H16BrClN2O2S. The first-order valence-corrected chi connectivity index (χ1v) is 9.99. The summed E-state index contributed by atoms with van der Waals surface area (Å²) in [6, 6.07) is 7.37. The van der Waals surface area contributed by atoms with E-state index < -0.39 is 0 Å². The van der Waals surface area contributed by atoms with Gasteiger partial charge < -0.3 is 10.1 Å². The number of hydrogen-bond acceptors (Lipinski definition) is 4. The molecule has 0 unspecified atom stereocenters. The Kier molecular flexibility index (Phi) is 6.00. The average molecular weight is 440 g/mol. The van der Waals surface area contributed by atoms with Gasteiger partial charge in [0.15, 0.2) is 6.61 Å². The third-order valence-electron chi connectivity index (χ3n) is 4.04. The average Bonchev–Trinajstić information content (AvgIpc) is 2.74. The Bertz CT molecular complexity index is 844. The number of nitriles is 1. The second kappa shape index (κ2) is 8.22. The predicted molar refractivity (Wildman–Crippen MR) is 104 cm³/mol. The molecule has 0 saturated heterocycles. The molecule has 1 heterocycles. The van der Waals surface area contributed by atoms with Crippen LogP contribution in [0.1, 0.15) is 35.3 Å². The highest BCUT2D eigenvalue weighted by atomic mass is 79.9. The topological polar surface area (TPSA) is 62.1 Å². The molecule has 1 amide bonds. The SMILES string of the molecule is N#Cc1c(NC(=O)COc2ccc(Cl)cc2Br)sc2c1CCCCC2. The van der Waals surface area contributed by atoms with E-state index in [1.54, 1.807) is 18.2 Å². The van der Waals surface area contributed by atoms with Crippen LogP contribution in [0.2, 0.25) is 5.02 Å². The molecule has 0 aliphatic heterocycles. The van der Waals surface area contributed by atoms with E-state index in [0.717, 1.165) is 31.2 Å². The van der Waals surface area contributed by atoms with Gasteiger partial charge in [0.05, 0.1) is 10.0 Å². The zero-order chi connectivity index (χ0) is 17.8. The summed E-state index contributed by atoms with van der Waals surface area (Å²) in [5.74, 6) is 0.261. The van der Waals surface area contributed by atoms with Crippen molar-refractivity contribution in [2.24, 2.45) is 0 Å². The van der Waals surface area contributed by atoms with Crippen molar-refractivity contribution in [3.63, 3.8) is 0 Å². The maximum atomic E-state index is 12.2.